The molecule has 8 heteroatoms. The molecule has 1 aromatic heterocycles. The smallest absolute Gasteiger partial charge is 0.174 e. The number of anilines is 1. The van der Waals surface area contributed by atoms with E-state index >= 15 is 0 Å². The lowest BCUT2D eigenvalue weighted by Gasteiger charge is -2.36. The highest BCUT2D eigenvalue weighted by Gasteiger charge is 2.19. The van der Waals surface area contributed by atoms with Crippen molar-refractivity contribution in [1.29, 1.82) is 0 Å². The lowest BCUT2D eigenvalue weighted by atomic mass is 10.2. The van der Waals surface area contributed by atoms with Gasteiger partial charge in [-0.1, -0.05) is 35.9 Å². The van der Waals surface area contributed by atoms with Crippen LogP contribution in [0.4, 0.5) is 5.82 Å². The number of nitrogens with one attached hydrogen (secondary N) is 1. The summed E-state index contributed by atoms with van der Waals surface area (Å²) >= 11 is 11.6. The third-order valence-electron chi connectivity index (χ3n) is 5.33. The third-order valence-corrected chi connectivity index (χ3v) is 5.95. The second-order valence-electron chi connectivity index (χ2n) is 7.57. The first kappa shape index (κ1) is 21.6. The molecule has 0 radical (unpaired) electrons. The lowest BCUT2D eigenvalue weighted by molar-refractivity contribution is 0.177. The SMILES string of the molecule is COc1cccc(CN2CCN(C(=S)Nc3ccn(Cc4ccc(Cl)cc4)n3)CC2)c1. The Labute approximate surface area is 193 Å². The Morgan fingerprint density at radius 1 is 1.03 bits per heavy atom. The van der Waals surface area contributed by atoms with Crippen molar-refractivity contribution in [3.8, 4) is 5.75 Å². The van der Waals surface area contributed by atoms with Gasteiger partial charge in [-0.25, -0.2) is 0 Å². The molecule has 6 nitrogen and oxygen atoms in total. The second kappa shape index (κ2) is 10.1. The van der Waals surface area contributed by atoms with Gasteiger partial charge in [-0.15, -0.1) is 0 Å². The third kappa shape index (κ3) is 5.97. The number of benzene rings is 2. The summed E-state index contributed by atoms with van der Waals surface area (Å²) in [5, 5.41) is 9.32. The highest BCUT2D eigenvalue weighted by atomic mass is 35.5. The van der Waals surface area contributed by atoms with Crippen molar-refractivity contribution in [3.05, 3.63) is 76.9 Å². The van der Waals surface area contributed by atoms with E-state index < -0.39 is 0 Å². The van der Waals surface area contributed by atoms with Crippen LogP contribution in [-0.4, -0.2) is 58.0 Å². The molecule has 0 aliphatic carbocycles. The molecule has 1 fully saturated rings. The predicted octanol–water partition coefficient (Wildman–Crippen LogP) is 4.11. The van der Waals surface area contributed by atoms with Gasteiger partial charge >= 0.3 is 0 Å². The number of thiocarbonyl (C=S) groups is 1. The number of rotatable bonds is 6. The predicted molar refractivity (Wildman–Crippen MR) is 129 cm³/mol. The van der Waals surface area contributed by atoms with E-state index in [2.05, 4.69) is 32.3 Å². The monoisotopic (exact) mass is 455 g/mol. The van der Waals surface area contributed by atoms with E-state index in [4.69, 9.17) is 28.6 Å². The zero-order valence-corrected chi connectivity index (χ0v) is 19.1. The van der Waals surface area contributed by atoms with Crippen LogP contribution in [0.3, 0.4) is 0 Å². The maximum atomic E-state index is 5.95. The quantitative estimate of drug-likeness (QED) is 0.564. The van der Waals surface area contributed by atoms with Gasteiger partial charge in [0.15, 0.2) is 10.9 Å². The van der Waals surface area contributed by atoms with Crippen LogP contribution in [0, 0.1) is 0 Å². The van der Waals surface area contributed by atoms with E-state index in [1.807, 2.05) is 53.3 Å². The van der Waals surface area contributed by atoms with E-state index in [0.717, 1.165) is 60.0 Å². The summed E-state index contributed by atoms with van der Waals surface area (Å²) in [6.45, 7) is 5.31. The molecule has 31 heavy (non-hydrogen) atoms. The maximum Gasteiger partial charge on any atom is 0.174 e. The number of hydrogen-bond donors (Lipinski definition) is 1. The number of aromatic nitrogens is 2. The minimum atomic E-state index is 0.689. The molecule has 1 N–H and O–H groups in total. The normalized spacial score (nSPS) is 14.5. The molecule has 162 valence electrons. The van der Waals surface area contributed by atoms with Crippen LogP contribution >= 0.6 is 23.8 Å². The molecule has 1 aliphatic rings. The summed E-state index contributed by atoms with van der Waals surface area (Å²) in [7, 11) is 1.70. The van der Waals surface area contributed by atoms with Crippen LogP contribution in [0.25, 0.3) is 0 Å². The van der Waals surface area contributed by atoms with E-state index in [9.17, 15) is 0 Å². The summed E-state index contributed by atoms with van der Waals surface area (Å²) in [6.07, 6.45) is 1.95. The number of piperazine rings is 1. The van der Waals surface area contributed by atoms with Crippen LogP contribution in [0.15, 0.2) is 60.8 Å². The summed E-state index contributed by atoms with van der Waals surface area (Å²) in [4.78, 5) is 4.64. The molecule has 1 saturated heterocycles. The summed E-state index contributed by atoms with van der Waals surface area (Å²) in [6, 6.07) is 18.0. The Morgan fingerprint density at radius 3 is 2.55 bits per heavy atom. The summed E-state index contributed by atoms with van der Waals surface area (Å²) < 4.78 is 7.21. The van der Waals surface area contributed by atoms with Crippen molar-refractivity contribution in [2.24, 2.45) is 0 Å². The Bertz CT molecular complexity index is 1010. The first-order valence-electron chi connectivity index (χ1n) is 10.3. The van der Waals surface area contributed by atoms with E-state index in [0.29, 0.717) is 6.54 Å². The molecule has 1 aliphatic heterocycles. The Balaban J connectivity index is 1.25. The van der Waals surface area contributed by atoms with Crippen molar-refractivity contribution in [2.75, 3.05) is 38.6 Å². The Kier molecular flexibility index (Phi) is 7.06. The van der Waals surface area contributed by atoms with Crippen LogP contribution < -0.4 is 10.1 Å². The van der Waals surface area contributed by atoms with Gasteiger partial charge in [-0.2, -0.15) is 5.10 Å². The van der Waals surface area contributed by atoms with Crippen LogP contribution in [0.1, 0.15) is 11.1 Å². The van der Waals surface area contributed by atoms with E-state index in [-0.39, 0.29) is 0 Å². The highest BCUT2D eigenvalue weighted by Crippen LogP contribution is 2.16. The molecule has 0 bridgehead atoms. The zero-order chi connectivity index (χ0) is 21.6. The molecule has 0 spiro atoms. The molecule has 2 aromatic carbocycles. The molecule has 0 saturated carbocycles. The van der Waals surface area contributed by atoms with Gasteiger partial charge in [-0.3, -0.25) is 9.58 Å². The standard InChI is InChI=1S/C23H26ClN5OS/c1-30-21-4-2-3-19(15-21)16-27-11-13-28(14-12-27)23(31)25-22-9-10-29(26-22)17-18-5-7-20(24)8-6-18/h2-10,15H,11-14,16-17H2,1H3,(H,25,26,31). The molecule has 0 unspecified atom stereocenters. The summed E-state index contributed by atoms with van der Waals surface area (Å²) in [5.74, 6) is 1.66. The number of hydrogen-bond acceptors (Lipinski definition) is 4. The van der Waals surface area contributed by atoms with Gasteiger partial charge in [0, 0.05) is 50.0 Å². The van der Waals surface area contributed by atoms with Gasteiger partial charge in [0.25, 0.3) is 0 Å². The number of methoxy groups -OCH3 is 1. The average Bonchev–Trinajstić information content (AvgIpc) is 3.22. The van der Waals surface area contributed by atoms with Crippen molar-refractivity contribution in [3.63, 3.8) is 0 Å². The van der Waals surface area contributed by atoms with Crippen molar-refractivity contribution in [1.82, 2.24) is 19.6 Å². The fourth-order valence-electron chi connectivity index (χ4n) is 3.62. The van der Waals surface area contributed by atoms with E-state index in [1.165, 1.54) is 5.56 Å². The topological polar surface area (TPSA) is 45.6 Å². The minimum Gasteiger partial charge on any atom is -0.497 e. The van der Waals surface area contributed by atoms with Gasteiger partial charge in [0.05, 0.1) is 13.7 Å². The minimum absolute atomic E-state index is 0.689. The van der Waals surface area contributed by atoms with Gasteiger partial charge in [-0.05, 0) is 47.6 Å². The molecular weight excluding hydrogens is 430 g/mol. The second-order valence-corrected chi connectivity index (χ2v) is 8.39. The van der Waals surface area contributed by atoms with Crippen LogP contribution in [0.2, 0.25) is 5.02 Å². The lowest BCUT2D eigenvalue weighted by Crippen LogP contribution is -2.49. The van der Waals surface area contributed by atoms with Crippen LogP contribution in [0.5, 0.6) is 5.75 Å². The fraction of sp³-hybridized carbons (Fsp3) is 0.304. The molecular formula is C23H26ClN5OS. The highest BCUT2D eigenvalue weighted by molar-refractivity contribution is 7.80. The largest absolute Gasteiger partial charge is 0.497 e. The molecule has 2 heterocycles. The zero-order valence-electron chi connectivity index (χ0n) is 17.5. The Morgan fingerprint density at radius 2 is 1.81 bits per heavy atom. The summed E-state index contributed by atoms with van der Waals surface area (Å²) in [5.41, 5.74) is 2.41. The van der Waals surface area contributed by atoms with Crippen molar-refractivity contribution < 1.29 is 4.74 Å². The molecule has 0 atom stereocenters. The maximum absolute atomic E-state index is 5.95. The first-order valence-corrected chi connectivity index (χ1v) is 11.1. The number of ether oxygens (including phenoxy) is 1. The molecule has 0 amide bonds. The molecule has 4 rings (SSSR count). The van der Waals surface area contributed by atoms with Gasteiger partial charge < -0.3 is 15.0 Å². The number of nitrogens with zero attached hydrogens (tertiary/aromatic N) is 4. The van der Waals surface area contributed by atoms with Gasteiger partial charge in [0.1, 0.15) is 5.75 Å². The van der Waals surface area contributed by atoms with Crippen LogP contribution in [-0.2, 0) is 13.1 Å². The van der Waals surface area contributed by atoms with E-state index in [1.54, 1.807) is 7.11 Å². The number of halogens is 1. The van der Waals surface area contributed by atoms with Crippen molar-refractivity contribution in [2.45, 2.75) is 13.1 Å². The fourth-order valence-corrected chi connectivity index (χ4v) is 4.03. The Hall–Kier alpha value is -2.61. The first-order chi connectivity index (χ1) is 15.1. The van der Waals surface area contributed by atoms with Crippen molar-refractivity contribution >= 4 is 34.7 Å². The molecule has 3 aromatic rings. The average molecular weight is 456 g/mol. The van der Waals surface area contributed by atoms with Gasteiger partial charge in [0.2, 0.25) is 0 Å².